The number of esters is 1. The lowest BCUT2D eigenvalue weighted by Crippen LogP contribution is -2.02. The van der Waals surface area contributed by atoms with Crippen LogP contribution >= 0.6 is 0 Å². The zero-order chi connectivity index (χ0) is 11.8. The maximum absolute atomic E-state index is 10.5. The Kier molecular flexibility index (Phi) is 5.10. The summed E-state index contributed by atoms with van der Waals surface area (Å²) in [5, 5.41) is 9.18. The first-order valence-electron chi connectivity index (χ1n) is 5.01. The van der Waals surface area contributed by atoms with Crippen LogP contribution in [0.4, 0.5) is 0 Å². The summed E-state index contributed by atoms with van der Waals surface area (Å²) in [6.07, 6.45) is 0. The van der Waals surface area contributed by atoms with Crippen molar-refractivity contribution >= 4 is 5.97 Å². The summed E-state index contributed by atoms with van der Waals surface area (Å²) in [6.45, 7) is 1.36. The third-order valence-corrected chi connectivity index (χ3v) is 2.01. The number of carbonyl (C=O) groups excluding carboxylic acids is 1. The van der Waals surface area contributed by atoms with Crippen molar-refractivity contribution in [1.29, 1.82) is 0 Å². The molecule has 1 N–H and O–H groups in total. The predicted molar refractivity (Wildman–Crippen MR) is 60.7 cm³/mol. The first-order chi connectivity index (χ1) is 7.74. The van der Waals surface area contributed by atoms with Crippen LogP contribution < -0.4 is 0 Å². The number of rotatable bonds is 3. The SMILES string of the molecule is CC(=O)OCC#CC(CO)c1ccccc1. The summed E-state index contributed by atoms with van der Waals surface area (Å²) in [7, 11) is 0. The Morgan fingerprint density at radius 2 is 2.12 bits per heavy atom. The number of hydrogen-bond acceptors (Lipinski definition) is 3. The molecular formula is C13H14O3. The maximum Gasteiger partial charge on any atom is 0.303 e. The van der Waals surface area contributed by atoms with Crippen molar-refractivity contribution in [3.63, 3.8) is 0 Å². The molecule has 0 bridgehead atoms. The second kappa shape index (κ2) is 6.65. The normalized spacial score (nSPS) is 11.1. The Bertz CT molecular complexity index is 387. The first-order valence-corrected chi connectivity index (χ1v) is 5.01. The van der Waals surface area contributed by atoms with Crippen LogP contribution in [-0.2, 0) is 9.53 Å². The van der Waals surface area contributed by atoms with E-state index >= 15 is 0 Å². The average Bonchev–Trinajstić information content (AvgIpc) is 2.30. The lowest BCUT2D eigenvalue weighted by molar-refractivity contribution is -0.139. The van der Waals surface area contributed by atoms with Gasteiger partial charge < -0.3 is 9.84 Å². The minimum absolute atomic E-state index is 0.0446. The zero-order valence-electron chi connectivity index (χ0n) is 9.14. The third-order valence-electron chi connectivity index (χ3n) is 2.01. The van der Waals surface area contributed by atoms with Gasteiger partial charge in [-0.3, -0.25) is 4.79 Å². The Morgan fingerprint density at radius 3 is 2.69 bits per heavy atom. The minimum Gasteiger partial charge on any atom is -0.453 e. The molecule has 1 unspecified atom stereocenters. The van der Waals surface area contributed by atoms with Gasteiger partial charge in [-0.1, -0.05) is 42.2 Å². The van der Waals surface area contributed by atoms with Gasteiger partial charge in [0.1, 0.15) is 0 Å². The van der Waals surface area contributed by atoms with Crippen molar-refractivity contribution in [2.75, 3.05) is 13.2 Å². The van der Waals surface area contributed by atoms with Crippen LogP contribution in [0.1, 0.15) is 18.4 Å². The lowest BCUT2D eigenvalue weighted by atomic mass is 10.0. The first kappa shape index (κ1) is 12.3. The molecule has 0 aliphatic heterocycles. The highest BCUT2D eigenvalue weighted by atomic mass is 16.5. The summed E-state index contributed by atoms with van der Waals surface area (Å²) in [5.74, 6) is 5.00. The summed E-state index contributed by atoms with van der Waals surface area (Å²) < 4.78 is 4.68. The van der Waals surface area contributed by atoms with Crippen molar-refractivity contribution in [1.82, 2.24) is 0 Å². The largest absolute Gasteiger partial charge is 0.453 e. The van der Waals surface area contributed by atoms with E-state index < -0.39 is 0 Å². The Morgan fingerprint density at radius 1 is 1.44 bits per heavy atom. The number of hydrogen-bond donors (Lipinski definition) is 1. The molecule has 0 saturated carbocycles. The molecular weight excluding hydrogens is 204 g/mol. The van der Waals surface area contributed by atoms with Crippen LogP contribution in [0, 0.1) is 11.8 Å². The molecule has 1 atom stereocenters. The molecule has 0 spiro atoms. The predicted octanol–water partition coefficient (Wildman–Crippen LogP) is 1.33. The van der Waals surface area contributed by atoms with E-state index in [0.717, 1.165) is 5.56 Å². The second-order valence-corrected chi connectivity index (χ2v) is 3.25. The maximum atomic E-state index is 10.5. The fraction of sp³-hybridized carbons (Fsp3) is 0.308. The fourth-order valence-electron chi connectivity index (χ4n) is 1.22. The van der Waals surface area contributed by atoms with E-state index in [1.54, 1.807) is 0 Å². The van der Waals surface area contributed by atoms with Gasteiger partial charge in [-0.25, -0.2) is 0 Å². The number of aliphatic hydroxyl groups is 1. The summed E-state index contributed by atoms with van der Waals surface area (Å²) in [4.78, 5) is 10.5. The monoisotopic (exact) mass is 218 g/mol. The number of ether oxygens (including phenoxy) is 1. The number of aliphatic hydroxyl groups excluding tert-OH is 1. The van der Waals surface area contributed by atoms with Crippen LogP contribution in [0.15, 0.2) is 30.3 Å². The van der Waals surface area contributed by atoms with Gasteiger partial charge in [-0.05, 0) is 5.56 Å². The standard InChI is InChI=1S/C13H14O3/c1-11(15)16-9-5-8-13(10-14)12-6-3-2-4-7-12/h2-4,6-7,13-14H,9-10H2,1H3. The molecule has 0 amide bonds. The van der Waals surface area contributed by atoms with Crippen molar-refractivity contribution in [2.24, 2.45) is 0 Å². The smallest absolute Gasteiger partial charge is 0.303 e. The topological polar surface area (TPSA) is 46.5 Å². The molecule has 0 aliphatic carbocycles. The van der Waals surface area contributed by atoms with Gasteiger partial charge in [0.2, 0.25) is 0 Å². The highest BCUT2D eigenvalue weighted by Gasteiger charge is 2.05. The molecule has 1 rings (SSSR count). The van der Waals surface area contributed by atoms with Crippen LogP contribution in [0.3, 0.4) is 0 Å². The van der Waals surface area contributed by atoms with Crippen LogP contribution in [-0.4, -0.2) is 24.3 Å². The molecule has 0 heterocycles. The number of benzene rings is 1. The minimum atomic E-state index is -0.352. The summed E-state index contributed by atoms with van der Waals surface area (Å²) >= 11 is 0. The zero-order valence-corrected chi connectivity index (χ0v) is 9.14. The molecule has 3 heteroatoms. The van der Waals surface area contributed by atoms with E-state index in [1.165, 1.54) is 6.92 Å². The van der Waals surface area contributed by atoms with E-state index in [4.69, 9.17) is 0 Å². The molecule has 0 aromatic heterocycles. The van der Waals surface area contributed by atoms with Crippen LogP contribution in [0.25, 0.3) is 0 Å². The summed E-state index contributed by atoms with van der Waals surface area (Å²) in [6, 6.07) is 9.50. The molecule has 0 saturated heterocycles. The van der Waals surface area contributed by atoms with E-state index in [9.17, 15) is 9.90 Å². The van der Waals surface area contributed by atoms with Crippen molar-refractivity contribution in [2.45, 2.75) is 12.8 Å². The lowest BCUT2D eigenvalue weighted by Gasteiger charge is -2.06. The van der Waals surface area contributed by atoms with Crippen LogP contribution in [0.2, 0.25) is 0 Å². The molecule has 16 heavy (non-hydrogen) atoms. The highest BCUT2D eigenvalue weighted by Crippen LogP contribution is 2.12. The Labute approximate surface area is 95.1 Å². The van der Waals surface area contributed by atoms with Gasteiger partial charge in [0.25, 0.3) is 0 Å². The average molecular weight is 218 g/mol. The molecule has 84 valence electrons. The van der Waals surface area contributed by atoms with Gasteiger partial charge in [0.15, 0.2) is 6.61 Å². The molecule has 0 radical (unpaired) electrons. The Hall–Kier alpha value is -1.79. The van der Waals surface area contributed by atoms with Gasteiger partial charge in [0.05, 0.1) is 12.5 Å². The number of carbonyl (C=O) groups is 1. The second-order valence-electron chi connectivity index (χ2n) is 3.25. The molecule has 3 nitrogen and oxygen atoms in total. The quantitative estimate of drug-likeness (QED) is 0.615. The van der Waals surface area contributed by atoms with Crippen molar-refractivity contribution < 1.29 is 14.6 Å². The summed E-state index contributed by atoms with van der Waals surface area (Å²) in [5.41, 5.74) is 0.959. The van der Waals surface area contributed by atoms with Gasteiger partial charge in [-0.2, -0.15) is 0 Å². The highest BCUT2D eigenvalue weighted by molar-refractivity contribution is 5.66. The van der Waals surface area contributed by atoms with Crippen LogP contribution in [0.5, 0.6) is 0 Å². The van der Waals surface area contributed by atoms with Gasteiger partial charge >= 0.3 is 5.97 Å². The van der Waals surface area contributed by atoms with E-state index in [0.29, 0.717) is 0 Å². The molecule has 1 aromatic rings. The molecule has 1 aromatic carbocycles. The fourth-order valence-corrected chi connectivity index (χ4v) is 1.22. The Balaban J connectivity index is 2.59. The van der Waals surface area contributed by atoms with E-state index in [1.807, 2.05) is 30.3 Å². The van der Waals surface area contributed by atoms with Gasteiger partial charge in [-0.15, -0.1) is 0 Å². The van der Waals surface area contributed by atoms with Gasteiger partial charge in [0, 0.05) is 6.92 Å². The van der Waals surface area contributed by atoms with Crippen molar-refractivity contribution in [3.05, 3.63) is 35.9 Å². The molecule has 0 fully saturated rings. The van der Waals surface area contributed by atoms with E-state index in [-0.39, 0.29) is 25.1 Å². The molecule has 0 aliphatic rings. The van der Waals surface area contributed by atoms with Crippen molar-refractivity contribution in [3.8, 4) is 11.8 Å². The third kappa shape index (κ3) is 4.16. The van der Waals surface area contributed by atoms with E-state index in [2.05, 4.69) is 16.6 Å².